The lowest BCUT2D eigenvalue weighted by Gasteiger charge is -2.37. The van der Waals surface area contributed by atoms with Gasteiger partial charge in [-0.3, -0.25) is 14.7 Å². The van der Waals surface area contributed by atoms with Gasteiger partial charge in [-0.1, -0.05) is 39.8 Å². The van der Waals surface area contributed by atoms with Gasteiger partial charge >= 0.3 is 5.97 Å². The summed E-state index contributed by atoms with van der Waals surface area (Å²) >= 11 is 6.07. The third kappa shape index (κ3) is 14.0. The van der Waals surface area contributed by atoms with Crippen molar-refractivity contribution in [1.82, 2.24) is 70.3 Å². The summed E-state index contributed by atoms with van der Waals surface area (Å²) in [5, 5.41) is 53.7. The number of nitrogens with zero attached hydrogens (tertiary/aromatic N) is 17. The molecule has 4 aliphatic rings. The smallest absolute Gasteiger partial charge is 0.303 e. The Kier molecular flexibility index (Phi) is 21.7. The summed E-state index contributed by atoms with van der Waals surface area (Å²) in [7, 11) is 0. The van der Waals surface area contributed by atoms with E-state index in [1.165, 1.54) is 42.7 Å². The zero-order valence-electron chi connectivity index (χ0n) is 50.4. The maximum absolute atomic E-state index is 14.5. The molecule has 2 fully saturated rings. The first kappa shape index (κ1) is 66.9. The van der Waals surface area contributed by atoms with Crippen LogP contribution in [0.15, 0.2) is 85.7 Å². The predicted octanol–water partition coefficient (Wildman–Crippen LogP) is 11.5. The van der Waals surface area contributed by atoms with E-state index in [2.05, 4.69) is 110 Å². The van der Waals surface area contributed by atoms with Crippen LogP contribution in [0.2, 0.25) is 5.28 Å². The highest BCUT2D eigenvalue weighted by Gasteiger charge is 2.66. The zero-order valence-corrected chi connectivity index (χ0v) is 51.1. The Bertz CT molecular complexity index is 4010. The molecule has 12 rings (SSSR count). The second kappa shape index (κ2) is 29.5. The number of nitrogens with two attached hydrogens (primary N) is 1. The molecule has 0 saturated heterocycles. The number of H-pyrrole nitrogens is 1. The summed E-state index contributed by atoms with van der Waals surface area (Å²) in [6.45, 7) is 22.1. The number of carbonyl (C=O) groups excluding carboxylic acids is 1. The van der Waals surface area contributed by atoms with Gasteiger partial charge in [0.25, 0.3) is 5.95 Å². The minimum Gasteiger partial charge on any atom is -0.481 e. The molecule has 4 aliphatic carbocycles. The first-order valence-corrected chi connectivity index (χ1v) is 29.7. The number of primary amides is 1. The molecule has 0 unspecified atom stereocenters. The number of hydrogen-bond donors (Lipinski definition) is 3. The largest absolute Gasteiger partial charge is 0.481 e. The van der Waals surface area contributed by atoms with E-state index in [0.29, 0.717) is 69.8 Å². The van der Waals surface area contributed by atoms with Crippen molar-refractivity contribution >= 4 is 23.5 Å². The number of aromatic nitrogens is 14. The van der Waals surface area contributed by atoms with Crippen molar-refractivity contribution in [3.8, 4) is 40.6 Å². The molecule has 4 atom stereocenters. The van der Waals surface area contributed by atoms with Gasteiger partial charge in [0, 0.05) is 57.3 Å². The van der Waals surface area contributed by atoms with Gasteiger partial charge in [-0.2, -0.15) is 30.5 Å². The molecular formula is C64H64ClF4N19O3. The van der Waals surface area contributed by atoms with Crippen LogP contribution in [0.3, 0.4) is 0 Å². The molecule has 0 aliphatic heterocycles. The van der Waals surface area contributed by atoms with E-state index in [1.807, 2.05) is 12.1 Å². The number of carboxylic acids is 1. The van der Waals surface area contributed by atoms with E-state index >= 15 is 0 Å². The molecule has 4 bridgehead atoms. The van der Waals surface area contributed by atoms with Crippen molar-refractivity contribution in [3.05, 3.63) is 183 Å². The number of aryl methyl sites for hydroxylation is 2. The van der Waals surface area contributed by atoms with Gasteiger partial charge in [-0.05, 0) is 132 Å². The Morgan fingerprint density at radius 2 is 1.22 bits per heavy atom. The zero-order chi connectivity index (χ0) is 65.5. The minimum atomic E-state index is -0.825. The molecule has 2 aromatic carbocycles. The second-order valence-electron chi connectivity index (χ2n) is 23.0. The van der Waals surface area contributed by atoms with Crippen LogP contribution in [-0.4, -0.2) is 100 Å². The number of aromatic amines is 1. The lowest BCUT2D eigenvalue weighted by atomic mass is 9.66. The summed E-state index contributed by atoms with van der Waals surface area (Å²) in [4.78, 5) is 51.9. The normalized spacial score (nSPS) is 18.5. The first-order chi connectivity index (χ1) is 43.7. The van der Waals surface area contributed by atoms with Crippen LogP contribution in [0.25, 0.3) is 38.2 Å². The SMILES string of the molecule is CC1(C)[C@H]2CC[C@]1(c1ccnc(-n3cnc(CCCC#N)n3)n1)c1nnc(-c3c(F)cccc3F)cc12.CC1(C)[C@H]2CC[C@]1(c1ccnc(Cl)n1)c1nnc(-c3c(F)cccc3F)cc12.N#CCCCc1ncn[nH]1.[C-]#[N+]CCCC(=O)O.[C-]#[N+]CCCC(N)=O. The van der Waals surface area contributed by atoms with E-state index in [4.69, 9.17) is 51.1 Å². The molecule has 2 saturated carbocycles. The highest BCUT2D eigenvalue weighted by Crippen LogP contribution is 2.71. The number of carbonyl (C=O) groups is 2. The quantitative estimate of drug-likeness (QED) is 0.0330. The van der Waals surface area contributed by atoms with Crippen molar-refractivity contribution in [1.29, 1.82) is 10.5 Å². The van der Waals surface area contributed by atoms with Gasteiger partial charge in [-0.15, -0.1) is 15.3 Å². The van der Waals surface area contributed by atoms with E-state index < -0.39 is 40.1 Å². The van der Waals surface area contributed by atoms with Crippen molar-refractivity contribution in [2.45, 2.75) is 140 Å². The average molecular weight is 1260 g/mol. The molecule has 0 spiro atoms. The fraction of sp³-hybridized carbons (Fsp3) is 0.406. The van der Waals surface area contributed by atoms with E-state index in [0.717, 1.165) is 78.3 Å². The molecule has 22 nitrogen and oxygen atoms in total. The Morgan fingerprint density at radius 1 is 0.714 bits per heavy atom. The van der Waals surface area contributed by atoms with Gasteiger partial charge in [0.2, 0.25) is 24.3 Å². The molecule has 1 amide bonds. The molecule has 468 valence electrons. The van der Waals surface area contributed by atoms with Gasteiger partial charge < -0.3 is 20.5 Å². The Labute approximate surface area is 527 Å². The third-order valence-corrected chi connectivity index (χ3v) is 17.5. The van der Waals surface area contributed by atoms with Gasteiger partial charge in [0.05, 0.1) is 74.7 Å². The summed E-state index contributed by atoms with van der Waals surface area (Å²) in [5.74, 6) is -1.53. The van der Waals surface area contributed by atoms with Gasteiger partial charge in [-0.25, -0.2) is 60.6 Å². The maximum atomic E-state index is 14.5. The van der Waals surface area contributed by atoms with Crippen LogP contribution < -0.4 is 5.73 Å². The highest BCUT2D eigenvalue weighted by atomic mass is 35.5. The van der Waals surface area contributed by atoms with Crippen molar-refractivity contribution in [3.63, 3.8) is 0 Å². The number of halogens is 5. The maximum Gasteiger partial charge on any atom is 0.303 e. The summed E-state index contributed by atoms with van der Waals surface area (Å²) in [6, 6.07) is 19.2. The molecule has 27 heteroatoms. The van der Waals surface area contributed by atoms with Crippen molar-refractivity contribution in [2.24, 2.45) is 16.6 Å². The Balaban J connectivity index is 0.000000172. The minimum absolute atomic E-state index is 0.113. The number of aliphatic carboxylic acids is 1. The molecule has 4 N–H and O–H groups in total. The van der Waals surface area contributed by atoms with Crippen LogP contribution in [0, 0.1) is 69.9 Å². The Morgan fingerprint density at radius 3 is 1.69 bits per heavy atom. The van der Waals surface area contributed by atoms with Crippen LogP contribution >= 0.6 is 11.6 Å². The number of nitriles is 2. The number of amides is 1. The lowest BCUT2D eigenvalue weighted by molar-refractivity contribution is -0.137. The standard InChI is InChI=1S/C27H24F2N8.C21H17ClF2N4.C6H8N4.C5H8N2O.C5H7NO2/c1-26(2)17-9-11-27(26,24-16(17)14-20(34-35-24)23-18(28)6-5-7-19(23)29)21-10-13-31-25(33-21)37-15-32-22(36-37)8-3-4-12-30;1-20(2)12-6-8-21(20,16-7-9-25-19(22)26-16)18-11(12)10-15(27-28-18)17-13(23)4-3-5-14(17)24;7-4-2-1-3-6-8-5-9-10-6;1-7-4-2-3-5(6)8;1-6-4-2-3-5(7)8/h5-7,10,13-15,17H,3-4,8-9,11H2,1-2H3;3-5,7,9-10,12H,6,8H2,1-2H3;5H,1-3H2,(H,8,9,10);2-4H2,(H2,6,8);2-4H2,(H,7,8)/t17-,27-;12-,21-;;;/m00.../s1. The number of benzene rings is 2. The molecule has 0 radical (unpaired) electrons. The molecule has 91 heavy (non-hydrogen) atoms. The number of rotatable bonds is 17. The second-order valence-corrected chi connectivity index (χ2v) is 23.4. The highest BCUT2D eigenvalue weighted by molar-refractivity contribution is 6.28. The average Bonchev–Trinajstić information content (AvgIpc) is 1.53. The number of nitrogens with one attached hydrogen (secondary N) is 1. The van der Waals surface area contributed by atoms with Crippen molar-refractivity contribution < 1.29 is 32.3 Å². The van der Waals surface area contributed by atoms with E-state index in [-0.39, 0.29) is 62.8 Å². The third-order valence-electron chi connectivity index (χ3n) is 17.3. The summed E-state index contributed by atoms with van der Waals surface area (Å²) < 4.78 is 59.1. The van der Waals surface area contributed by atoms with Crippen LogP contribution in [-0.2, 0) is 33.3 Å². The van der Waals surface area contributed by atoms with Crippen LogP contribution in [0.5, 0.6) is 0 Å². The topological polar surface area (TPSA) is 312 Å². The molecule has 6 heterocycles. The summed E-state index contributed by atoms with van der Waals surface area (Å²) in [6.07, 6.45) is 15.5. The lowest BCUT2D eigenvalue weighted by Crippen LogP contribution is -2.38. The molecule has 6 aromatic heterocycles. The number of carboxylic acid groups (broad SMARTS) is 1. The fourth-order valence-corrected chi connectivity index (χ4v) is 13.1. The monoisotopic (exact) mass is 1260 g/mol. The number of hydrogen-bond acceptors (Lipinski definition) is 16. The van der Waals surface area contributed by atoms with Crippen molar-refractivity contribution in [2.75, 3.05) is 13.1 Å². The van der Waals surface area contributed by atoms with Gasteiger partial charge in [0.15, 0.2) is 5.82 Å². The number of fused-ring (bicyclic) bond motifs is 10. The fourth-order valence-electron chi connectivity index (χ4n) is 12.9. The van der Waals surface area contributed by atoms with E-state index in [1.54, 1.807) is 35.5 Å². The van der Waals surface area contributed by atoms with Crippen LogP contribution in [0.1, 0.15) is 162 Å². The Hall–Kier alpha value is -10.0. The van der Waals surface area contributed by atoms with E-state index in [9.17, 15) is 27.2 Å². The summed E-state index contributed by atoms with van der Waals surface area (Å²) in [5.41, 5.74) is 8.69. The van der Waals surface area contributed by atoms with Crippen LogP contribution in [0.4, 0.5) is 17.6 Å². The van der Waals surface area contributed by atoms with Gasteiger partial charge in [0.1, 0.15) is 41.7 Å². The predicted molar refractivity (Wildman–Crippen MR) is 324 cm³/mol. The molecule has 8 aromatic rings. The first-order valence-electron chi connectivity index (χ1n) is 29.3. The number of unbranched alkanes of at least 4 members (excludes halogenated alkanes) is 2. The molecular weight excluding hydrogens is 1190 g/mol.